The molecule has 0 saturated carbocycles. The van der Waals surface area contributed by atoms with E-state index in [2.05, 4.69) is 5.32 Å². The molecule has 1 atom stereocenters. The van der Waals surface area contributed by atoms with Crippen LogP contribution in [0.3, 0.4) is 0 Å². The van der Waals surface area contributed by atoms with E-state index in [-0.39, 0.29) is 6.54 Å². The lowest BCUT2D eigenvalue weighted by Crippen LogP contribution is -2.35. The molecule has 0 spiro atoms. The molecule has 138 valence electrons. The minimum atomic E-state index is -0.939. The highest BCUT2D eigenvalue weighted by atomic mass is 16.5. The highest BCUT2D eigenvalue weighted by Crippen LogP contribution is 2.22. The van der Waals surface area contributed by atoms with E-state index in [1.54, 1.807) is 36.4 Å². The molecule has 0 fully saturated rings. The number of esters is 1. The van der Waals surface area contributed by atoms with Gasteiger partial charge in [0.2, 0.25) is 0 Å². The molecule has 1 aromatic heterocycles. The molecule has 6 nitrogen and oxygen atoms in total. The zero-order chi connectivity index (χ0) is 19.1. The van der Waals surface area contributed by atoms with Gasteiger partial charge in [-0.2, -0.15) is 0 Å². The lowest BCUT2D eigenvalue weighted by Gasteiger charge is -2.13. The molecule has 0 aliphatic carbocycles. The maximum absolute atomic E-state index is 12.3. The van der Waals surface area contributed by atoms with Gasteiger partial charge in [0.25, 0.3) is 5.91 Å². The average molecular weight is 365 g/mol. The maximum Gasteiger partial charge on any atom is 0.339 e. The second kappa shape index (κ2) is 8.71. The zero-order valence-corrected chi connectivity index (χ0v) is 14.8. The summed E-state index contributed by atoms with van der Waals surface area (Å²) in [6, 6.07) is 19.3. The summed E-state index contributed by atoms with van der Waals surface area (Å²) in [7, 11) is 0. The molecular weight excluding hydrogens is 346 g/mol. The number of hydrogen-bond acceptors (Lipinski definition) is 5. The van der Waals surface area contributed by atoms with Crippen molar-refractivity contribution in [1.82, 2.24) is 5.32 Å². The average Bonchev–Trinajstić information content (AvgIpc) is 3.20. The number of nitrogens with one attached hydrogen (secondary N) is 1. The van der Waals surface area contributed by atoms with Gasteiger partial charge < -0.3 is 19.2 Å². The van der Waals surface area contributed by atoms with Crippen LogP contribution in [0.1, 0.15) is 23.0 Å². The molecule has 0 aliphatic rings. The van der Waals surface area contributed by atoms with Gasteiger partial charge in [-0.3, -0.25) is 4.79 Å². The van der Waals surface area contributed by atoms with Gasteiger partial charge in [0.15, 0.2) is 6.10 Å². The summed E-state index contributed by atoms with van der Waals surface area (Å²) >= 11 is 0. The number of hydrogen-bond donors (Lipinski definition) is 1. The summed E-state index contributed by atoms with van der Waals surface area (Å²) in [5.41, 5.74) is 0.300. The molecule has 6 heteroatoms. The van der Waals surface area contributed by atoms with Crippen LogP contribution in [-0.4, -0.2) is 18.0 Å². The van der Waals surface area contributed by atoms with Gasteiger partial charge >= 0.3 is 5.97 Å². The van der Waals surface area contributed by atoms with E-state index in [0.29, 0.717) is 22.8 Å². The summed E-state index contributed by atoms with van der Waals surface area (Å²) in [5, 5.41) is 2.65. The first-order valence-electron chi connectivity index (χ1n) is 8.46. The van der Waals surface area contributed by atoms with Gasteiger partial charge in [0.1, 0.15) is 17.3 Å². The third-order valence-corrected chi connectivity index (χ3v) is 3.72. The number of para-hydroxylation sites is 1. The van der Waals surface area contributed by atoms with Crippen molar-refractivity contribution in [1.29, 1.82) is 0 Å². The Balaban J connectivity index is 1.56. The van der Waals surface area contributed by atoms with Gasteiger partial charge in [-0.05, 0) is 49.4 Å². The zero-order valence-electron chi connectivity index (χ0n) is 14.8. The van der Waals surface area contributed by atoms with Crippen LogP contribution in [0.4, 0.5) is 0 Å². The molecule has 3 rings (SSSR count). The fourth-order valence-corrected chi connectivity index (χ4v) is 2.32. The lowest BCUT2D eigenvalue weighted by molar-refractivity contribution is -0.129. The number of carbonyl (C=O) groups excluding carboxylic acids is 2. The Kier molecular flexibility index (Phi) is 5.89. The van der Waals surface area contributed by atoms with Crippen molar-refractivity contribution in [2.24, 2.45) is 0 Å². The highest BCUT2D eigenvalue weighted by molar-refractivity contribution is 5.92. The van der Waals surface area contributed by atoms with Crippen LogP contribution in [0, 0.1) is 0 Å². The Morgan fingerprint density at radius 2 is 1.78 bits per heavy atom. The van der Waals surface area contributed by atoms with Crippen molar-refractivity contribution in [3.05, 3.63) is 84.3 Å². The third kappa shape index (κ3) is 5.22. The van der Waals surface area contributed by atoms with E-state index in [4.69, 9.17) is 13.9 Å². The van der Waals surface area contributed by atoms with Gasteiger partial charge in [-0.15, -0.1) is 0 Å². The summed E-state index contributed by atoms with van der Waals surface area (Å²) in [4.78, 5) is 24.4. The van der Waals surface area contributed by atoms with E-state index in [1.165, 1.54) is 13.2 Å². The standard InChI is InChI=1S/C21H19NO5/c1-15(20(23)22-14-19-11-6-12-25-19)26-21(24)16-7-5-10-18(13-16)27-17-8-3-2-4-9-17/h2-13,15H,14H2,1H3,(H,22,23)/t15-/m1/s1. The van der Waals surface area contributed by atoms with Gasteiger partial charge in [0, 0.05) is 0 Å². The molecule has 0 bridgehead atoms. The number of furan rings is 1. The largest absolute Gasteiger partial charge is 0.467 e. The normalized spacial score (nSPS) is 11.4. The molecule has 0 saturated heterocycles. The smallest absolute Gasteiger partial charge is 0.339 e. The van der Waals surface area contributed by atoms with Crippen LogP contribution in [0.15, 0.2) is 77.4 Å². The summed E-state index contributed by atoms with van der Waals surface area (Å²) in [6.07, 6.45) is 0.585. The van der Waals surface area contributed by atoms with E-state index in [0.717, 1.165) is 0 Å². The Bertz CT molecular complexity index is 890. The van der Waals surface area contributed by atoms with Crippen molar-refractivity contribution >= 4 is 11.9 Å². The fraction of sp³-hybridized carbons (Fsp3) is 0.143. The second-order valence-electron chi connectivity index (χ2n) is 5.79. The number of ether oxygens (including phenoxy) is 2. The van der Waals surface area contributed by atoms with Crippen molar-refractivity contribution in [3.63, 3.8) is 0 Å². The van der Waals surface area contributed by atoms with E-state index in [9.17, 15) is 9.59 Å². The first-order chi connectivity index (χ1) is 13.1. The fourth-order valence-electron chi connectivity index (χ4n) is 2.32. The maximum atomic E-state index is 12.3. The van der Waals surface area contributed by atoms with Crippen LogP contribution < -0.4 is 10.1 Å². The van der Waals surface area contributed by atoms with Crippen molar-refractivity contribution in [2.75, 3.05) is 0 Å². The quantitative estimate of drug-likeness (QED) is 0.642. The van der Waals surface area contributed by atoms with E-state index >= 15 is 0 Å². The SMILES string of the molecule is C[C@@H](OC(=O)c1cccc(Oc2ccccc2)c1)C(=O)NCc1ccco1. The minimum Gasteiger partial charge on any atom is -0.467 e. The van der Waals surface area contributed by atoms with Crippen LogP contribution in [0.25, 0.3) is 0 Å². The van der Waals surface area contributed by atoms with E-state index < -0.39 is 18.0 Å². The first kappa shape index (κ1) is 18.3. The topological polar surface area (TPSA) is 77.8 Å². The molecule has 27 heavy (non-hydrogen) atoms. The Hall–Kier alpha value is -3.54. The summed E-state index contributed by atoms with van der Waals surface area (Å²) in [5.74, 6) is 0.775. The lowest BCUT2D eigenvalue weighted by atomic mass is 10.2. The molecule has 0 unspecified atom stereocenters. The number of rotatable bonds is 7. The van der Waals surface area contributed by atoms with Crippen LogP contribution in [0.5, 0.6) is 11.5 Å². The first-order valence-corrected chi connectivity index (χ1v) is 8.46. The van der Waals surface area contributed by atoms with E-state index in [1.807, 2.05) is 30.3 Å². The second-order valence-corrected chi connectivity index (χ2v) is 5.79. The number of benzene rings is 2. The molecule has 1 amide bonds. The molecule has 1 N–H and O–H groups in total. The van der Waals surface area contributed by atoms with Crippen molar-refractivity contribution in [3.8, 4) is 11.5 Å². The molecular formula is C21H19NO5. The number of carbonyl (C=O) groups is 2. The molecule has 0 aliphatic heterocycles. The summed E-state index contributed by atoms with van der Waals surface area (Å²) in [6.45, 7) is 1.74. The van der Waals surface area contributed by atoms with Crippen molar-refractivity contribution in [2.45, 2.75) is 19.6 Å². The Morgan fingerprint density at radius 1 is 1.00 bits per heavy atom. The predicted molar refractivity (Wildman–Crippen MR) is 98.4 cm³/mol. The van der Waals surface area contributed by atoms with Crippen LogP contribution in [-0.2, 0) is 16.1 Å². The predicted octanol–water partition coefficient (Wildman–Crippen LogP) is 3.93. The highest BCUT2D eigenvalue weighted by Gasteiger charge is 2.19. The third-order valence-electron chi connectivity index (χ3n) is 3.72. The van der Waals surface area contributed by atoms with Gasteiger partial charge in [-0.1, -0.05) is 24.3 Å². The molecule has 2 aromatic carbocycles. The molecule has 0 radical (unpaired) electrons. The molecule has 3 aromatic rings. The van der Waals surface area contributed by atoms with Crippen LogP contribution in [0.2, 0.25) is 0 Å². The minimum absolute atomic E-state index is 0.230. The van der Waals surface area contributed by atoms with Crippen molar-refractivity contribution < 1.29 is 23.5 Å². The molecule has 1 heterocycles. The van der Waals surface area contributed by atoms with Gasteiger partial charge in [-0.25, -0.2) is 4.79 Å². The van der Waals surface area contributed by atoms with Crippen LogP contribution >= 0.6 is 0 Å². The Morgan fingerprint density at radius 3 is 2.52 bits per heavy atom. The summed E-state index contributed by atoms with van der Waals surface area (Å²) < 4.78 is 16.1. The Labute approximate surface area is 156 Å². The van der Waals surface area contributed by atoms with Gasteiger partial charge in [0.05, 0.1) is 18.4 Å². The monoisotopic (exact) mass is 365 g/mol. The number of amides is 1.